The van der Waals surface area contributed by atoms with E-state index in [4.69, 9.17) is 16.3 Å². The van der Waals surface area contributed by atoms with Gasteiger partial charge in [-0.15, -0.1) is 0 Å². The van der Waals surface area contributed by atoms with Gasteiger partial charge in [0.1, 0.15) is 0 Å². The molecule has 0 bridgehead atoms. The molecule has 3 nitrogen and oxygen atoms in total. The van der Waals surface area contributed by atoms with Gasteiger partial charge in [-0.1, -0.05) is 11.6 Å². The van der Waals surface area contributed by atoms with Crippen LogP contribution in [0.5, 0.6) is 0 Å². The monoisotopic (exact) mass is 319 g/mol. The average molecular weight is 321 g/mol. The molecule has 0 spiro atoms. The Kier molecular flexibility index (Phi) is 4.31. The number of rotatable bonds is 3. The van der Waals surface area contributed by atoms with Crippen LogP contribution in [-0.2, 0) is 4.74 Å². The molecule has 1 aliphatic rings. The van der Waals surface area contributed by atoms with Gasteiger partial charge in [0.05, 0.1) is 23.8 Å². The van der Waals surface area contributed by atoms with Crippen molar-refractivity contribution >= 4 is 33.2 Å². The standard InChI is InChI=1S/C12H15BrClNO2/c13-10-6-9(2-3-11(10)14)15-12(7-16)4-1-5-17-8-12/h2-3,6,15-16H,1,4-5,7-8H2. The molecular weight excluding hydrogens is 305 g/mol. The van der Waals surface area contributed by atoms with Crippen LogP contribution < -0.4 is 5.32 Å². The first kappa shape index (κ1) is 13.1. The lowest BCUT2D eigenvalue weighted by Gasteiger charge is -2.37. The van der Waals surface area contributed by atoms with Gasteiger partial charge in [-0.25, -0.2) is 0 Å². The summed E-state index contributed by atoms with van der Waals surface area (Å²) in [6, 6.07) is 5.64. The van der Waals surface area contributed by atoms with E-state index in [-0.39, 0.29) is 12.1 Å². The summed E-state index contributed by atoms with van der Waals surface area (Å²) in [7, 11) is 0. The van der Waals surface area contributed by atoms with Crippen LogP contribution in [0.4, 0.5) is 5.69 Å². The molecule has 1 aliphatic heterocycles. The second kappa shape index (κ2) is 5.57. The Morgan fingerprint density at radius 2 is 2.35 bits per heavy atom. The van der Waals surface area contributed by atoms with Gasteiger partial charge in [0.2, 0.25) is 0 Å². The summed E-state index contributed by atoms with van der Waals surface area (Å²) < 4.78 is 6.28. The van der Waals surface area contributed by atoms with E-state index in [1.54, 1.807) is 0 Å². The zero-order valence-electron chi connectivity index (χ0n) is 9.38. The van der Waals surface area contributed by atoms with E-state index in [1.165, 1.54) is 0 Å². The average Bonchev–Trinajstić information content (AvgIpc) is 2.35. The number of ether oxygens (including phenoxy) is 1. The minimum Gasteiger partial charge on any atom is -0.394 e. The number of anilines is 1. The van der Waals surface area contributed by atoms with Crippen LogP contribution in [-0.4, -0.2) is 30.5 Å². The number of hydrogen-bond donors (Lipinski definition) is 2. The van der Waals surface area contributed by atoms with Crippen LogP contribution >= 0.6 is 27.5 Å². The molecule has 1 aromatic carbocycles. The van der Waals surface area contributed by atoms with Crippen molar-refractivity contribution in [1.29, 1.82) is 0 Å². The van der Waals surface area contributed by atoms with Gasteiger partial charge in [0, 0.05) is 16.8 Å². The van der Waals surface area contributed by atoms with Gasteiger partial charge >= 0.3 is 0 Å². The number of hydrogen-bond acceptors (Lipinski definition) is 3. The number of aliphatic hydroxyl groups is 1. The fraction of sp³-hybridized carbons (Fsp3) is 0.500. The van der Waals surface area contributed by atoms with Crippen molar-refractivity contribution in [3.63, 3.8) is 0 Å². The Labute approximate surface area is 114 Å². The van der Waals surface area contributed by atoms with Crippen molar-refractivity contribution in [1.82, 2.24) is 0 Å². The zero-order valence-corrected chi connectivity index (χ0v) is 11.7. The van der Waals surface area contributed by atoms with Gasteiger partial charge in [0.25, 0.3) is 0 Å². The molecule has 1 aromatic rings. The molecule has 0 radical (unpaired) electrons. The molecule has 2 N–H and O–H groups in total. The summed E-state index contributed by atoms with van der Waals surface area (Å²) in [5.41, 5.74) is 0.562. The van der Waals surface area contributed by atoms with Crippen LogP contribution in [0.15, 0.2) is 22.7 Å². The first-order valence-electron chi connectivity index (χ1n) is 5.57. The molecule has 0 aromatic heterocycles. The van der Waals surface area contributed by atoms with Crippen molar-refractivity contribution in [3.05, 3.63) is 27.7 Å². The van der Waals surface area contributed by atoms with E-state index in [0.717, 1.165) is 29.6 Å². The van der Waals surface area contributed by atoms with E-state index in [0.29, 0.717) is 11.6 Å². The van der Waals surface area contributed by atoms with Gasteiger partial charge < -0.3 is 15.2 Å². The molecule has 1 saturated heterocycles. The Balaban J connectivity index is 2.14. The van der Waals surface area contributed by atoms with Crippen LogP contribution in [0, 0.1) is 0 Å². The third kappa shape index (κ3) is 3.13. The number of nitrogens with one attached hydrogen (secondary N) is 1. The van der Waals surface area contributed by atoms with Crippen molar-refractivity contribution in [2.24, 2.45) is 0 Å². The van der Waals surface area contributed by atoms with Crippen LogP contribution in [0.3, 0.4) is 0 Å². The molecule has 0 aliphatic carbocycles. The van der Waals surface area contributed by atoms with Gasteiger partial charge in [-0.2, -0.15) is 0 Å². The summed E-state index contributed by atoms with van der Waals surface area (Å²) in [6.07, 6.45) is 1.87. The summed E-state index contributed by atoms with van der Waals surface area (Å²) in [6.45, 7) is 1.37. The molecule has 5 heteroatoms. The fourth-order valence-electron chi connectivity index (χ4n) is 2.00. The lowest BCUT2D eigenvalue weighted by molar-refractivity contribution is 0.0217. The molecule has 1 atom stereocenters. The van der Waals surface area contributed by atoms with E-state index < -0.39 is 0 Å². The van der Waals surface area contributed by atoms with E-state index in [2.05, 4.69) is 21.2 Å². The maximum absolute atomic E-state index is 9.55. The number of benzene rings is 1. The highest BCUT2D eigenvalue weighted by molar-refractivity contribution is 9.10. The minimum atomic E-state index is -0.370. The Hall–Kier alpha value is -0.290. The molecule has 0 amide bonds. The highest BCUT2D eigenvalue weighted by Gasteiger charge is 2.32. The third-order valence-corrected chi connectivity index (χ3v) is 4.17. The second-order valence-electron chi connectivity index (χ2n) is 4.35. The molecule has 1 fully saturated rings. The van der Waals surface area contributed by atoms with Crippen molar-refractivity contribution in [3.8, 4) is 0 Å². The molecule has 1 heterocycles. The number of aliphatic hydroxyl groups excluding tert-OH is 1. The lowest BCUT2D eigenvalue weighted by Crippen LogP contribution is -2.49. The molecule has 1 unspecified atom stereocenters. The van der Waals surface area contributed by atoms with Crippen LogP contribution in [0.25, 0.3) is 0 Å². The van der Waals surface area contributed by atoms with E-state index in [1.807, 2.05) is 18.2 Å². The van der Waals surface area contributed by atoms with E-state index in [9.17, 15) is 5.11 Å². The SMILES string of the molecule is OCC1(Nc2ccc(Cl)c(Br)c2)CCCOC1. The lowest BCUT2D eigenvalue weighted by atomic mass is 9.93. The predicted octanol–water partition coefficient (Wildman–Crippen LogP) is 3.06. The van der Waals surface area contributed by atoms with Crippen LogP contribution in [0.2, 0.25) is 5.02 Å². The number of halogens is 2. The summed E-state index contributed by atoms with van der Waals surface area (Å²) in [4.78, 5) is 0. The Morgan fingerprint density at radius 3 is 2.94 bits per heavy atom. The Bertz CT molecular complexity index is 394. The van der Waals surface area contributed by atoms with Gasteiger partial charge in [-0.3, -0.25) is 0 Å². The first-order valence-corrected chi connectivity index (χ1v) is 6.74. The van der Waals surface area contributed by atoms with Gasteiger partial charge in [-0.05, 0) is 47.0 Å². The summed E-state index contributed by atoms with van der Waals surface area (Å²) >= 11 is 9.33. The predicted molar refractivity (Wildman–Crippen MR) is 72.6 cm³/mol. The fourth-order valence-corrected chi connectivity index (χ4v) is 2.49. The smallest absolute Gasteiger partial charge is 0.0838 e. The van der Waals surface area contributed by atoms with Crippen LogP contribution in [0.1, 0.15) is 12.8 Å². The topological polar surface area (TPSA) is 41.5 Å². The molecule has 0 saturated carbocycles. The summed E-state index contributed by atoms with van der Waals surface area (Å²) in [5, 5.41) is 13.6. The highest BCUT2D eigenvalue weighted by Crippen LogP contribution is 2.29. The van der Waals surface area contributed by atoms with Crippen molar-refractivity contribution in [2.45, 2.75) is 18.4 Å². The molecule has 94 valence electrons. The first-order chi connectivity index (χ1) is 8.15. The van der Waals surface area contributed by atoms with Gasteiger partial charge in [0.15, 0.2) is 0 Å². The second-order valence-corrected chi connectivity index (χ2v) is 5.61. The largest absolute Gasteiger partial charge is 0.394 e. The molecular formula is C12H15BrClNO2. The van der Waals surface area contributed by atoms with Crippen molar-refractivity contribution < 1.29 is 9.84 Å². The molecule has 17 heavy (non-hydrogen) atoms. The Morgan fingerprint density at radius 1 is 1.53 bits per heavy atom. The maximum Gasteiger partial charge on any atom is 0.0838 e. The third-order valence-electron chi connectivity index (χ3n) is 2.95. The maximum atomic E-state index is 9.55. The highest BCUT2D eigenvalue weighted by atomic mass is 79.9. The normalized spacial score (nSPS) is 24.6. The van der Waals surface area contributed by atoms with Crippen molar-refractivity contribution in [2.75, 3.05) is 25.1 Å². The quantitative estimate of drug-likeness (QED) is 0.899. The minimum absolute atomic E-state index is 0.0627. The van der Waals surface area contributed by atoms with E-state index >= 15 is 0 Å². The zero-order chi connectivity index (χ0) is 12.3. The molecule has 2 rings (SSSR count). The summed E-state index contributed by atoms with van der Waals surface area (Å²) in [5.74, 6) is 0.